The number of benzene rings is 2. The maximum absolute atomic E-state index is 12.3. The zero-order valence-corrected chi connectivity index (χ0v) is 12.8. The predicted molar refractivity (Wildman–Crippen MR) is 88.0 cm³/mol. The Morgan fingerprint density at radius 1 is 1.24 bits per heavy atom. The van der Waals surface area contributed by atoms with Crippen molar-refractivity contribution >= 4 is 38.4 Å². The molecule has 0 unspecified atom stereocenters. The van der Waals surface area contributed by atoms with E-state index in [2.05, 4.69) is 26.2 Å². The van der Waals surface area contributed by atoms with Gasteiger partial charge in [0.15, 0.2) is 0 Å². The maximum Gasteiger partial charge on any atom is 0.253 e. The molecule has 5 heteroatoms. The Morgan fingerprint density at radius 2 is 2.10 bits per heavy atom. The number of hydrogen-bond donors (Lipinski definition) is 3. The molecular formula is C16H14BrN3O. The van der Waals surface area contributed by atoms with Crippen molar-refractivity contribution in [3.63, 3.8) is 0 Å². The van der Waals surface area contributed by atoms with Crippen molar-refractivity contribution in [2.75, 3.05) is 5.73 Å². The normalized spacial score (nSPS) is 10.7. The molecule has 0 aliphatic heterocycles. The average Bonchev–Trinajstić information content (AvgIpc) is 2.88. The lowest BCUT2D eigenvalue weighted by atomic mass is 10.1. The number of carbonyl (C=O) groups is 1. The maximum atomic E-state index is 12.3. The van der Waals surface area contributed by atoms with Crippen LogP contribution in [0.15, 0.2) is 53.1 Å². The number of rotatable bonds is 3. The van der Waals surface area contributed by atoms with Crippen LogP contribution in [0, 0.1) is 0 Å². The van der Waals surface area contributed by atoms with E-state index in [0.717, 1.165) is 20.9 Å². The predicted octanol–water partition coefficient (Wildman–Crippen LogP) is 3.44. The molecule has 0 aliphatic carbocycles. The number of amides is 1. The van der Waals surface area contributed by atoms with Gasteiger partial charge in [0.05, 0.1) is 5.56 Å². The van der Waals surface area contributed by atoms with Crippen molar-refractivity contribution in [1.82, 2.24) is 10.3 Å². The highest BCUT2D eigenvalue weighted by molar-refractivity contribution is 9.10. The number of nitrogens with two attached hydrogens (primary N) is 1. The first kappa shape index (κ1) is 13.7. The van der Waals surface area contributed by atoms with Gasteiger partial charge in [-0.3, -0.25) is 4.79 Å². The van der Waals surface area contributed by atoms with Gasteiger partial charge in [0.25, 0.3) is 5.91 Å². The highest BCUT2D eigenvalue weighted by Gasteiger charge is 2.11. The Bertz CT molecular complexity index is 810. The quantitative estimate of drug-likeness (QED) is 0.637. The van der Waals surface area contributed by atoms with E-state index in [9.17, 15) is 4.79 Å². The van der Waals surface area contributed by atoms with Gasteiger partial charge in [-0.15, -0.1) is 0 Å². The smallest absolute Gasteiger partial charge is 0.253 e. The molecule has 0 saturated heterocycles. The molecule has 2 aromatic carbocycles. The van der Waals surface area contributed by atoms with E-state index in [1.54, 1.807) is 12.3 Å². The molecule has 0 bridgehead atoms. The van der Waals surface area contributed by atoms with Crippen molar-refractivity contribution in [3.05, 3.63) is 64.3 Å². The van der Waals surface area contributed by atoms with Gasteiger partial charge in [-0.25, -0.2) is 0 Å². The fraction of sp³-hybridized carbons (Fsp3) is 0.0625. The third kappa shape index (κ3) is 2.92. The molecule has 4 N–H and O–H groups in total. The second-order valence-electron chi connectivity index (χ2n) is 4.82. The van der Waals surface area contributed by atoms with Crippen LogP contribution >= 0.6 is 15.9 Å². The molecule has 0 spiro atoms. The van der Waals surface area contributed by atoms with Crippen LogP contribution in [0.3, 0.4) is 0 Å². The first-order valence-corrected chi connectivity index (χ1v) is 7.32. The topological polar surface area (TPSA) is 70.9 Å². The fourth-order valence-electron chi connectivity index (χ4n) is 2.25. The van der Waals surface area contributed by atoms with E-state index < -0.39 is 0 Å². The molecule has 0 aliphatic rings. The number of halogens is 1. The number of nitrogen functional groups attached to an aromatic ring is 1. The fourth-order valence-corrected chi connectivity index (χ4v) is 2.70. The van der Waals surface area contributed by atoms with Crippen LogP contribution < -0.4 is 11.1 Å². The van der Waals surface area contributed by atoms with Crippen LogP contribution in [-0.2, 0) is 6.54 Å². The standard InChI is InChI=1S/C16H14BrN3O/c17-11-3-1-2-10(6-11)8-20-16(21)14-9-19-15-5-4-12(18)7-13(14)15/h1-7,9,19H,8,18H2,(H,20,21). The van der Waals surface area contributed by atoms with Gasteiger partial charge >= 0.3 is 0 Å². The van der Waals surface area contributed by atoms with Crippen molar-refractivity contribution in [1.29, 1.82) is 0 Å². The number of fused-ring (bicyclic) bond motifs is 1. The van der Waals surface area contributed by atoms with E-state index in [1.807, 2.05) is 36.4 Å². The monoisotopic (exact) mass is 343 g/mol. The Kier molecular flexibility index (Phi) is 3.66. The Labute approximate surface area is 130 Å². The summed E-state index contributed by atoms with van der Waals surface area (Å²) in [6.07, 6.45) is 1.71. The number of H-pyrrole nitrogens is 1. The number of anilines is 1. The van der Waals surface area contributed by atoms with E-state index in [1.165, 1.54) is 0 Å². The van der Waals surface area contributed by atoms with Crippen LogP contribution in [0.5, 0.6) is 0 Å². The first-order chi connectivity index (χ1) is 10.1. The summed E-state index contributed by atoms with van der Waals surface area (Å²) >= 11 is 3.42. The summed E-state index contributed by atoms with van der Waals surface area (Å²) in [6.45, 7) is 0.479. The van der Waals surface area contributed by atoms with Crippen LogP contribution in [0.2, 0.25) is 0 Å². The molecule has 3 aromatic rings. The van der Waals surface area contributed by atoms with Crippen LogP contribution in [0.4, 0.5) is 5.69 Å². The number of carbonyl (C=O) groups excluding carboxylic acids is 1. The number of aromatic amines is 1. The zero-order valence-electron chi connectivity index (χ0n) is 11.2. The van der Waals surface area contributed by atoms with Gasteiger partial charge in [0.1, 0.15) is 0 Å². The average molecular weight is 344 g/mol. The van der Waals surface area contributed by atoms with Crippen molar-refractivity contribution in [2.24, 2.45) is 0 Å². The van der Waals surface area contributed by atoms with E-state index >= 15 is 0 Å². The summed E-state index contributed by atoms with van der Waals surface area (Å²) in [5, 5.41) is 3.75. The molecule has 0 saturated carbocycles. The zero-order chi connectivity index (χ0) is 14.8. The summed E-state index contributed by atoms with van der Waals surface area (Å²) in [6, 6.07) is 13.3. The van der Waals surface area contributed by atoms with Crippen molar-refractivity contribution in [2.45, 2.75) is 6.54 Å². The summed E-state index contributed by atoms with van der Waals surface area (Å²) in [5.74, 6) is -0.119. The number of nitrogens with one attached hydrogen (secondary N) is 2. The summed E-state index contributed by atoms with van der Waals surface area (Å²) in [4.78, 5) is 15.4. The number of aromatic nitrogens is 1. The molecule has 21 heavy (non-hydrogen) atoms. The molecule has 1 aromatic heterocycles. The van der Waals surface area contributed by atoms with Gasteiger partial charge in [-0.1, -0.05) is 28.1 Å². The third-order valence-corrected chi connectivity index (χ3v) is 3.79. The molecule has 1 heterocycles. The van der Waals surface area contributed by atoms with Crippen molar-refractivity contribution in [3.8, 4) is 0 Å². The molecule has 0 atom stereocenters. The minimum absolute atomic E-state index is 0.119. The molecule has 1 amide bonds. The molecule has 3 rings (SSSR count). The van der Waals surface area contributed by atoms with E-state index in [0.29, 0.717) is 17.8 Å². The van der Waals surface area contributed by atoms with Crippen molar-refractivity contribution < 1.29 is 4.79 Å². The van der Waals surface area contributed by atoms with Crippen LogP contribution in [-0.4, -0.2) is 10.9 Å². The largest absolute Gasteiger partial charge is 0.399 e. The summed E-state index contributed by atoms with van der Waals surface area (Å²) in [5.41, 5.74) is 8.97. The molecular weight excluding hydrogens is 330 g/mol. The Morgan fingerprint density at radius 3 is 2.90 bits per heavy atom. The van der Waals surface area contributed by atoms with Gasteiger partial charge in [-0.05, 0) is 35.9 Å². The van der Waals surface area contributed by atoms with Crippen LogP contribution in [0.25, 0.3) is 10.9 Å². The van der Waals surface area contributed by atoms with E-state index in [-0.39, 0.29) is 5.91 Å². The molecule has 106 valence electrons. The lowest BCUT2D eigenvalue weighted by molar-refractivity contribution is 0.0952. The number of hydrogen-bond acceptors (Lipinski definition) is 2. The van der Waals surface area contributed by atoms with Gasteiger partial charge < -0.3 is 16.0 Å². The SMILES string of the molecule is Nc1ccc2[nH]cc(C(=O)NCc3cccc(Br)c3)c2c1. The lowest BCUT2D eigenvalue weighted by Gasteiger charge is -2.05. The van der Waals surface area contributed by atoms with Gasteiger partial charge in [0, 0.05) is 33.8 Å². The molecule has 4 nitrogen and oxygen atoms in total. The summed E-state index contributed by atoms with van der Waals surface area (Å²) in [7, 11) is 0. The third-order valence-electron chi connectivity index (χ3n) is 3.29. The summed E-state index contributed by atoms with van der Waals surface area (Å²) < 4.78 is 0.995. The second kappa shape index (κ2) is 5.61. The minimum atomic E-state index is -0.119. The minimum Gasteiger partial charge on any atom is -0.399 e. The van der Waals surface area contributed by atoms with Gasteiger partial charge in [-0.2, -0.15) is 0 Å². The lowest BCUT2D eigenvalue weighted by Crippen LogP contribution is -2.22. The second-order valence-corrected chi connectivity index (χ2v) is 5.74. The highest BCUT2D eigenvalue weighted by Crippen LogP contribution is 2.21. The Hall–Kier alpha value is -2.27. The first-order valence-electron chi connectivity index (χ1n) is 6.53. The van der Waals surface area contributed by atoms with Crippen LogP contribution in [0.1, 0.15) is 15.9 Å². The highest BCUT2D eigenvalue weighted by atomic mass is 79.9. The van der Waals surface area contributed by atoms with E-state index in [4.69, 9.17) is 5.73 Å². The van der Waals surface area contributed by atoms with Gasteiger partial charge in [0.2, 0.25) is 0 Å². The molecule has 0 radical (unpaired) electrons. The Balaban J connectivity index is 1.79. The molecule has 0 fully saturated rings.